The predicted molar refractivity (Wildman–Crippen MR) is 122 cm³/mol. The van der Waals surface area contributed by atoms with Gasteiger partial charge in [0.25, 0.3) is 0 Å². The van der Waals surface area contributed by atoms with Crippen LogP contribution >= 0.6 is 0 Å². The highest BCUT2D eigenvalue weighted by atomic mass is 32.2. The first-order valence-corrected chi connectivity index (χ1v) is 11.9. The first kappa shape index (κ1) is 18.9. The zero-order valence-electron chi connectivity index (χ0n) is 17.3. The summed E-state index contributed by atoms with van der Waals surface area (Å²) in [6.45, 7) is 2.15. The molecule has 6 rings (SSSR count). The van der Waals surface area contributed by atoms with Crippen molar-refractivity contribution >= 4 is 37.9 Å². The molecule has 8 heteroatoms. The number of hydrogen-bond donors (Lipinski definition) is 0. The van der Waals surface area contributed by atoms with E-state index in [9.17, 15) is 8.42 Å². The Hall–Kier alpha value is -3.78. The number of aromatic nitrogens is 4. The van der Waals surface area contributed by atoms with Crippen LogP contribution < -0.4 is 4.90 Å². The maximum atomic E-state index is 13.4. The van der Waals surface area contributed by atoms with Gasteiger partial charge in [-0.25, -0.2) is 13.4 Å². The van der Waals surface area contributed by atoms with Crippen LogP contribution in [0.2, 0.25) is 0 Å². The topological polar surface area (TPSA) is 80.5 Å². The van der Waals surface area contributed by atoms with Crippen LogP contribution in [0.15, 0.2) is 88.8 Å². The maximum Gasteiger partial charge on any atom is 0.229 e. The molecule has 0 fully saturated rings. The van der Waals surface area contributed by atoms with Gasteiger partial charge in [-0.05, 0) is 49.2 Å². The average molecular weight is 442 g/mol. The monoisotopic (exact) mass is 441 g/mol. The summed E-state index contributed by atoms with van der Waals surface area (Å²) < 4.78 is 28.3. The molecule has 158 valence electrons. The van der Waals surface area contributed by atoms with E-state index in [2.05, 4.69) is 34.3 Å². The van der Waals surface area contributed by atoms with Gasteiger partial charge in [-0.2, -0.15) is 4.52 Å². The molecule has 2 aromatic heterocycles. The number of benzene rings is 3. The van der Waals surface area contributed by atoms with Gasteiger partial charge in [0.2, 0.25) is 14.9 Å². The van der Waals surface area contributed by atoms with E-state index >= 15 is 0 Å². The van der Waals surface area contributed by atoms with Crippen LogP contribution in [0.3, 0.4) is 0 Å². The molecule has 32 heavy (non-hydrogen) atoms. The van der Waals surface area contributed by atoms with E-state index in [0.717, 1.165) is 23.0 Å². The van der Waals surface area contributed by atoms with E-state index in [4.69, 9.17) is 4.98 Å². The number of rotatable bonds is 3. The average Bonchev–Trinajstić information content (AvgIpc) is 3.40. The molecule has 7 nitrogen and oxygen atoms in total. The van der Waals surface area contributed by atoms with Crippen LogP contribution in [-0.2, 0) is 16.3 Å². The zero-order valence-corrected chi connectivity index (χ0v) is 18.1. The lowest BCUT2D eigenvalue weighted by Gasteiger charge is -2.25. The summed E-state index contributed by atoms with van der Waals surface area (Å²) in [6, 6.07) is 24.4. The lowest BCUT2D eigenvalue weighted by atomic mass is 10.1. The number of hydrogen-bond acceptors (Lipinski definition) is 6. The van der Waals surface area contributed by atoms with Crippen LogP contribution in [-0.4, -0.2) is 34.3 Å². The number of sulfone groups is 1. The quantitative estimate of drug-likeness (QED) is 0.418. The van der Waals surface area contributed by atoms with E-state index < -0.39 is 9.84 Å². The predicted octanol–water partition coefficient (Wildman–Crippen LogP) is 4.19. The van der Waals surface area contributed by atoms with Crippen molar-refractivity contribution < 1.29 is 8.42 Å². The number of nitrogens with zero attached hydrogens (tertiary/aromatic N) is 5. The Morgan fingerprint density at radius 1 is 0.906 bits per heavy atom. The van der Waals surface area contributed by atoms with Crippen molar-refractivity contribution in [1.29, 1.82) is 0 Å². The zero-order chi connectivity index (χ0) is 21.9. The normalized spacial score (nSPS) is 16.0. The smallest absolute Gasteiger partial charge is 0.229 e. The second kappa shape index (κ2) is 6.86. The van der Waals surface area contributed by atoms with Crippen LogP contribution in [0.1, 0.15) is 12.5 Å². The van der Waals surface area contributed by atoms with Gasteiger partial charge < -0.3 is 4.90 Å². The fourth-order valence-corrected chi connectivity index (χ4v) is 5.74. The van der Waals surface area contributed by atoms with Gasteiger partial charge in [-0.1, -0.05) is 53.7 Å². The Bertz CT molecular complexity index is 1600. The van der Waals surface area contributed by atoms with Crippen molar-refractivity contribution in [2.45, 2.75) is 29.3 Å². The molecule has 0 amide bonds. The highest BCUT2D eigenvalue weighted by Crippen LogP contribution is 2.40. The summed E-state index contributed by atoms with van der Waals surface area (Å²) >= 11 is 0. The van der Waals surface area contributed by atoms with Gasteiger partial charge in [-0.3, -0.25) is 0 Å². The van der Waals surface area contributed by atoms with Crippen molar-refractivity contribution in [1.82, 2.24) is 19.8 Å². The fourth-order valence-electron chi connectivity index (χ4n) is 4.49. The van der Waals surface area contributed by atoms with Gasteiger partial charge in [0, 0.05) is 17.1 Å². The molecule has 0 saturated heterocycles. The third-order valence-electron chi connectivity index (χ3n) is 5.95. The highest BCUT2D eigenvalue weighted by molar-refractivity contribution is 7.91. The van der Waals surface area contributed by atoms with Crippen LogP contribution in [0, 0.1) is 0 Å². The van der Waals surface area contributed by atoms with Crippen LogP contribution in [0.4, 0.5) is 11.5 Å². The molecule has 0 radical (unpaired) electrons. The highest BCUT2D eigenvalue weighted by Gasteiger charge is 2.32. The van der Waals surface area contributed by atoms with Crippen LogP contribution in [0.5, 0.6) is 0 Å². The van der Waals surface area contributed by atoms with E-state index in [0.29, 0.717) is 5.82 Å². The van der Waals surface area contributed by atoms with Gasteiger partial charge >= 0.3 is 0 Å². The van der Waals surface area contributed by atoms with Crippen molar-refractivity contribution in [3.8, 4) is 0 Å². The summed E-state index contributed by atoms with van der Waals surface area (Å²) in [5.74, 6) is 0.706. The Labute approximate surface area is 184 Å². The van der Waals surface area contributed by atoms with Crippen molar-refractivity contribution in [3.63, 3.8) is 0 Å². The summed E-state index contributed by atoms with van der Waals surface area (Å²) in [7, 11) is -3.88. The molecule has 3 aromatic carbocycles. The van der Waals surface area contributed by atoms with Gasteiger partial charge in [0.15, 0.2) is 5.65 Å². The SMILES string of the molecule is C[C@@H]1Cc2ccccc2N1c1nc2c(S(=O)(=O)c3ccccc3)nnn2c2ccccc12. The molecule has 5 aromatic rings. The Kier molecular flexibility index (Phi) is 4.06. The van der Waals surface area contributed by atoms with Crippen LogP contribution in [0.25, 0.3) is 16.6 Å². The summed E-state index contributed by atoms with van der Waals surface area (Å²) in [5.41, 5.74) is 3.31. The van der Waals surface area contributed by atoms with Crippen molar-refractivity contribution in [2.24, 2.45) is 0 Å². The molecule has 1 aliphatic rings. The van der Waals surface area contributed by atoms with E-state index in [1.54, 1.807) is 30.3 Å². The van der Waals surface area contributed by atoms with Crippen molar-refractivity contribution in [3.05, 3.63) is 84.4 Å². The Balaban J connectivity index is 1.66. The fraction of sp³-hybridized carbons (Fsp3) is 0.125. The Morgan fingerprint density at radius 2 is 1.62 bits per heavy atom. The molecular formula is C24H19N5O2S. The summed E-state index contributed by atoms with van der Waals surface area (Å²) in [6.07, 6.45) is 0.893. The molecule has 0 aliphatic carbocycles. The molecule has 0 unspecified atom stereocenters. The largest absolute Gasteiger partial charge is 0.322 e. The number of para-hydroxylation sites is 2. The van der Waals surface area contributed by atoms with E-state index in [1.807, 2.05) is 36.4 Å². The number of fused-ring (bicyclic) bond motifs is 4. The minimum atomic E-state index is -3.88. The third kappa shape index (κ3) is 2.66. The molecule has 0 bridgehead atoms. The van der Waals surface area contributed by atoms with Gasteiger partial charge in [0.05, 0.1) is 10.4 Å². The summed E-state index contributed by atoms with van der Waals surface area (Å²) in [4.78, 5) is 7.22. The second-order valence-corrected chi connectivity index (χ2v) is 9.82. The van der Waals surface area contributed by atoms with Gasteiger partial charge in [0.1, 0.15) is 5.82 Å². The molecule has 0 N–H and O–H groups in total. The van der Waals surface area contributed by atoms with E-state index in [-0.39, 0.29) is 21.6 Å². The minimum absolute atomic E-state index is 0.143. The standard InChI is InChI=1S/C24H19N5O2S/c1-16-15-17-9-5-7-13-20(17)28(16)22-19-12-6-8-14-21(19)29-23(25-22)24(26-27-29)32(30,31)18-10-3-2-4-11-18/h2-14,16H,15H2,1H3/t16-/m1/s1. The first-order chi connectivity index (χ1) is 15.6. The first-order valence-electron chi connectivity index (χ1n) is 10.4. The summed E-state index contributed by atoms with van der Waals surface area (Å²) in [5, 5.41) is 8.99. The second-order valence-electron chi connectivity index (χ2n) is 7.95. The third-order valence-corrected chi connectivity index (χ3v) is 7.61. The van der Waals surface area contributed by atoms with Gasteiger partial charge in [-0.15, -0.1) is 5.10 Å². The molecule has 1 aliphatic heterocycles. The Morgan fingerprint density at radius 3 is 2.47 bits per heavy atom. The van der Waals surface area contributed by atoms with E-state index in [1.165, 1.54) is 10.1 Å². The lowest BCUT2D eigenvalue weighted by Crippen LogP contribution is -2.25. The lowest BCUT2D eigenvalue weighted by molar-refractivity contribution is 0.592. The molecule has 0 spiro atoms. The molecular weight excluding hydrogens is 422 g/mol. The van der Waals surface area contributed by atoms with Crippen molar-refractivity contribution in [2.75, 3.05) is 4.90 Å². The minimum Gasteiger partial charge on any atom is -0.322 e. The number of anilines is 2. The maximum absolute atomic E-state index is 13.4. The molecule has 0 saturated carbocycles. The molecule has 1 atom stereocenters. The molecule has 3 heterocycles.